The molecule has 1 saturated carbocycles. The van der Waals surface area contributed by atoms with Gasteiger partial charge in [-0.1, -0.05) is 32.1 Å². The van der Waals surface area contributed by atoms with Gasteiger partial charge in [-0.25, -0.2) is 0 Å². The lowest BCUT2D eigenvalue weighted by atomic mass is 10.0. The summed E-state index contributed by atoms with van der Waals surface area (Å²) in [4.78, 5) is 19.6. The number of amides is 1. The van der Waals surface area contributed by atoms with Gasteiger partial charge in [-0.15, -0.1) is 0 Å². The van der Waals surface area contributed by atoms with E-state index in [9.17, 15) is 4.79 Å². The Morgan fingerprint density at radius 3 is 2.69 bits per heavy atom. The minimum absolute atomic E-state index is 0.0655. The van der Waals surface area contributed by atoms with Crippen LogP contribution in [-0.2, 0) is 0 Å². The van der Waals surface area contributed by atoms with Gasteiger partial charge in [-0.05, 0) is 69.8 Å². The Bertz CT molecular complexity index is 937. The van der Waals surface area contributed by atoms with Gasteiger partial charge >= 0.3 is 0 Å². The molecule has 1 saturated heterocycles. The molecule has 6 heteroatoms. The molecule has 1 aliphatic heterocycles. The zero-order valence-corrected chi connectivity index (χ0v) is 21.3. The summed E-state index contributed by atoms with van der Waals surface area (Å²) >= 11 is 0. The zero-order chi connectivity index (χ0) is 24.3. The molecule has 1 N–H and O–H groups in total. The van der Waals surface area contributed by atoms with Crippen molar-refractivity contribution in [2.75, 3.05) is 39.4 Å². The number of aromatic nitrogens is 1. The van der Waals surface area contributed by atoms with Crippen molar-refractivity contribution in [2.24, 2.45) is 5.92 Å². The second-order valence-electron chi connectivity index (χ2n) is 9.85. The molecule has 1 amide bonds. The monoisotopic (exact) mass is 479 g/mol. The van der Waals surface area contributed by atoms with Crippen LogP contribution in [0.5, 0.6) is 11.5 Å². The van der Waals surface area contributed by atoms with Crippen molar-refractivity contribution in [3.05, 3.63) is 42.2 Å². The van der Waals surface area contributed by atoms with E-state index in [0.29, 0.717) is 25.3 Å². The Kier molecular flexibility index (Phi) is 9.82. The molecular formula is C29H41N3O3. The zero-order valence-electron chi connectivity index (χ0n) is 21.3. The average Bonchev–Trinajstić information content (AvgIpc) is 3.41. The van der Waals surface area contributed by atoms with Crippen molar-refractivity contribution in [1.82, 2.24) is 15.2 Å². The van der Waals surface area contributed by atoms with E-state index in [2.05, 4.69) is 15.2 Å². The smallest absolute Gasteiger partial charge is 0.252 e. The number of rotatable bonds is 12. The summed E-state index contributed by atoms with van der Waals surface area (Å²) in [6.07, 6.45) is 15.0. The highest BCUT2D eigenvalue weighted by molar-refractivity contribution is 5.95. The third kappa shape index (κ3) is 7.69. The van der Waals surface area contributed by atoms with E-state index in [4.69, 9.17) is 9.47 Å². The molecule has 2 heterocycles. The lowest BCUT2D eigenvalue weighted by Gasteiger charge is -2.26. The van der Waals surface area contributed by atoms with E-state index in [0.717, 1.165) is 54.6 Å². The molecule has 190 valence electrons. The van der Waals surface area contributed by atoms with Crippen molar-refractivity contribution in [3.8, 4) is 22.6 Å². The van der Waals surface area contributed by atoms with Crippen LogP contribution in [0.15, 0.2) is 36.7 Å². The molecule has 2 fully saturated rings. The summed E-state index contributed by atoms with van der Waals surface area (Å²) in [5, 5.41) is 3.08. The fourth-order valence-corrected chi connectivity index (χ4v) is 5.29. The maximum atomic E-state index is 12.8. The van der Waals surface area contributed by atoms with Gasteiger partial charge in [-0.3, -0.25) is 14.7 Å². The molecule has 0 atom stereocenters. The van der Waals surface area contributed by atoms with Crippen LogP contribution in [0.1, 0.15) is 75.1 Å². The summed E-state index contributed by atoms with van der Waals surface area (Å²) in [5.41, 5.74) is 2.38. The summed E-state index contributed by atoms with van der Waals surface area (Å²) < 4.78 is 12.0. The van der Waals surface area contributed by atoms with Crippen molar-refractivity contribution >= 4 is 5.91 Å². The number of pyridine rings is 1. The third-order valence-electron chi connectivity index (χ3n) is 7.24. The van der Waals surface area contributed by atoms with E-state index in [1.165, 1.54) is 51.4 Å². The molecule has 0 unspecified atom stereocenters. The highest BCUT2D eigenvalue weighted by Crippen LogP contribution is 2.34. The summed E-state index contributed by atoms with van der Waals surface area (Å²) in [7, 11) is 0. The van der Waals surface area contributed by atoms with Crippen LogP contribution in [0.2, 0.25) is 0 Å². The van der Waals surface area contributed by atoms with Crippen LogP contribution in [0.3, 0.4) is 0 Å². The van der Waals surface area contributed by atoms with Crippen LogP contribution in [-0.4, -0.2) is 55.2 Å². The molecule has 1 aliphatic carbocycles. The van der Waals surface area contributed by atoms with Crippen LogP contribution in [0, 0.1) is 5.92 Å². The van der Waals surface area contributed by atoms with E-state index >= 15 is 0 Å². The van der Waals surface area contributed by atoms with Gasteiger partial charge in [0.25, 0.3) is 5.91 Å². The van der Waals surface area contributed by atoms with Crippen molar-refractivity contribution in [3.63, 3.8) is 0 Å². The van der Waals surface area contributed by atoms with Gasteiger partial charge in [0.15, 0.2) is 0 Å². The number of likely N-dealkylation sites (tertiary alicyclic amines) is 1. The first-order valence-electron chi connectivity index (χ1n) is 13.6. The molecular weight excluding hydrogens is 438 g/mol. The molecule has 0 bridgehead atoms. The number of hydrogen-bond acceptors (Lipinski definition) is 5. The molecule has 6 nitrogen and oxygen atoms in total. The number of hydrogen-bond donors (Lipinski definition) is 1. The number of nitrogens with one attached hydrogen (secondary N) is 1. The maximum Gasteiger partial charge on any atom is 0.252 e. The van der Waals surface area contributed by atoms with Gasteiger partial charge in [-0.2, -0.15) is 0 Å². The normalized spacial score (nSPS) is 16.8. The lowest BCUT2D eigenvalue weighted by molar-refractivity contribution is 0.0952. The SMILES string of the molecule is CCOc1ccc(-c2cncc(C(=O)NCCCC3CCCC3)c2)c(OCCN2CCCCC2)c1. The number of carbonyl (C=O) groups excluding carboxylic acids is 1. The van der Waals surface area contributed by atoms with Gasteiger partial charge < -0.3 is 14.8 Å². The number of piperidine rings is 1. The Morgan fingerprint density at radius 2 is 1.89 bits per heavy atom. The highest BCUT2D eigenvalue weighted by Gasteiger charge is 2.16. The highest BCUT2D eigenvalue weighted by atomic mass is 16.5. The Morgan fingerprint density at radius 1 is 1.06 bits per heavy atom. The number of nitrogens with zero attached hydrogens (tertiary/aromatic N) is 2. The first kappa shape index (κ1) is 25.5. The second kappa shape index (κ2) is 13.5. The van der Waals surface area contributed by atoms with Crippen molar-refractivity contribution < 1.29 is 14.3 Å². The molecule has 4 rings (SSSR count). The number of ether oxygens (including phenoxy) is 2. The number of benzene rings is 1. The number of carbonyl (C=O) groups is 1. The molecule has 1 aromatic heterocycles. The summed E-state index contributed by atoms with van der Waals surface area (Å²) in [6.45, 7) is 7.13. The second-order valence-corrected chi connectivity index (χ2v) is 9.85. The predicted molar refractivity (Wildman–Crippen MR) is 140 cm³/mol. The fourth-order valence-electron chi connectivity index (χ4n) is 5.29. The van der Waals surface area contributed by atoms with E-state index in [1.54, 1.807) is 12.4 Å². The molecule has 0 radical (unpaired) electrons. The van der Waals surface area contributed by atoms with Crippen molar-refractivity contribution in [2.45, 2.75) is 64.7 Å². The average molecular weight is 480 g/mol. The predicted octanol–water partition coefficient (Wildman–Crippen LogP) is 5.71. The third-order valence-corrected chi connectivity index (χ3v) is 7.24. The Hall–Kier alpha value is -2.60. The largest absolute Gasteiger partial charge is 0.494 e. The Labute approximate surface area is 210 Å². The van der Waals surface area contributed by atoms with Crippen LogP contribution in [0.25, 0.3) is 11.1 Å². The van der Waals surface area contributed by atoms with Crippen LogP contribution in [0.4, 0.5) is 0 Å². The minimum atomic E-state index is -0.0655. The molecule has 2 aliphatic rings. The molecule has 1 aromatic carbocycles. The van der Waals surface area contributed by atoms with E-state index in [-0.39, 0.29) is 5.91 Å². The topological polar surface area (TPSA) is 63.7 Å². The van der Waals surface area contributed by atoms with Gasteiger partial charge in [0.1, 0.15) is 18.1 Å². The lowest BCUT2D eigenvalue weighted by Crippen LogP contribution is -2.33. The molecule has 0 spiro atoms. The van der Waals surface area contributed by atoms with Crippen LogP contribution < -0.4 is 14.8 Å². The van der Waals surface area contributed by atoms with E-state index < -0.39 is 0 Å². The molecule has 2 aromatic rings. The molecule has 35 heavy (non-hydrogen) atoms. The summed E-state index contributed by atoms with van der Waals surface area (Å²) in [5.74, 6) is 2.34. The standard InChI is InChI=1S/C29H41N3O3/c1-2-34-26-12-13-27(28(20-26)35-18-17-32-15-6-3-7-16-32)24-19-25(22-30-21-24)29(33)31-14-8-11-23-9-4-5-10-23/h12-13,19-23H,2-11,14-18H2,1H3,(H,31,33). The maximum absolute atomic E-state index is 12.8. The van der Waals surface area contributed by atoms with Crippen molar-refractivity contribution in [1.29, 1.82) is 0 Å². The first-order valence-corrected chi connectivity index (χ1v) is 13.6. The van der Waals surface area contributed by atoms with Crippen LogP contribution >= 0.6 is 0 Å². The Balaban J connectivity index is 1.39. The summed E-state index contributed by atoms with van der Waals surface area (Å²) in [6, 6.07) is 7.81. The fraction of sp³-hybridized carbons (Fsp3) is 0.586. The van der Waals surface area contributed by atoms with E-state index in [1.807, 2.05) is 31.2 Å². The quantitative estimate of drug-likeness (QED) is 0.395. The van der Waals surface area contributed by atoms with Gasteiger partial charge in [0.2, 0.25) is 0 Å². The first-order chi connectivity index (χ1) is 17.2. The van der Waals surface area contributed by atoms with Gasteiger partial charge in [0, 0.05) is 42.7 Å². The minimum Gasteiger partial charge on any atom is -0.494 e. The van der Waals surface area contributed by atoms with Gasteiger partial charge in [0.05, 0.1) is 12.2 Å².